The minimum Gasteiger partial charge on any atom is -0.487 e. The number of ether oxygens (including phenoxy) is 1. The molecule has 0 spiro atoms. The second-order valence-electron chi connectivity index (χ2n) is 3.13. The van der Waals surface area contributed by atoms with Gasteiger partial charge in [-0.05, 0) is 18.2 Å². The number of nitrogen functional groups attached to an aromatic ring is 1. The van der Waals surface area contributed by atoms with Crippen LogP contribution < -0.4 is 10.5 Å². The summed E-state index contributed by atoms with van der Waals surface area (Å²) in [5, 5.41) is 0. The molecule has 3 heteroatoms. The molecule has 0 bridgehead atoms. The summed E-state index contributed by atoms with van der Waals surface area (Å²) in [5.74, 6) is 0.666. The Balaban J connectivity index is 2.87. The van der Waals surface area contributed by atoms with E-state index in [0.29, 0.717) is 30.0 Å². The van der Waals surface area contributed by atoms with Crippen molar-refractivity contribution in [3.05, 3.63) is 36.4 Å². The maximum atomic E-state index is 11.4. The lowest BCUT2D eigenvalue weighted by Gasteiger charge is -2.07. The Labute approximate surface area is 89.5 Å². The number of nitrogens with two attached hydrogens (primary N) is 1. The first-order chi connectivity index (χ1) is 7.19. The van der Waals surface area contributed by atoms with Gasteiger partial charge in [-0.2, -0.15) is 0 Å². The average Bonchev–Trinajstić information content (AvgIpc) is 2.26. The van der Waals surface area contributed by atoms with Crippen LogP contribution in [0.5, 0.6) is 5.75 Å². The van der Waals surface area contributed by atoms with Gasteiger partial charge in [0.1, 0.15) is 12.4 Å². The van der Waals surface area contributed by atoms with Gasteiger partial charge in [0.2, 0.25) is 0 Å². The highest BCUT2D eigenvalue weighted by atomic mass is 16.5. The highest BCUT2D eigenvalue weighted by Crippen LogP contribution is 2.23. The molecule has 0 saturated heterocycles. The number of Topliss-reactive ketones (excluding diaryl/α,β-unsaturated/α-hetero) is 1. The lowest BCUT2D eigenvalue weighted by Crippen LogP contribution is -2.01. The molecule has 15 heavy (non-hydrogen) atoms. The molecule has 0 radical (unpaired) electrons. The first-order valence-electron chi connectivity index (χ1n) is 4.85. The third kappa shape index (κ3) is 2.84. The molecule has 3 nitrogen and oxygen atoms in total. The summed E-state index contributed by atoms with van der Waals surface area (Å²) in [6.45, 7) is 5.77. The van der Waals surface area contributed by atoms with Crippen molar-refractivity contribution in [2.75, 3.05) is 12.3 Å². The van der Waals surface area contributed by atoms with E-state index in [4.69, 9.17) is 10.5 Å². The largest absolute Gasteiger partial charge is 0.487 e. The van der Waals surface area contributed by atoms with Gasteiger partial charge in [0.05, 0.1) is 5.69 Å². The second-order valence-corrected chi connectivity index (χ2v) is 3.13. The summed E-state index contributed by atoms with van der Waals surface area (Å²) in [7, 11) is 0. The van der Waals surface area contributed by atoms with Crippen molar-refractivity contribution in [1.82, 2.24) is 0 Å². The first kappa shape index (κ1) is 11.3. The van der Waals surface area contributed by atoms with Gasteiger partial charge in [-0.15, -0.1) is 0 Å². The molecule has 80 valence electrons. The summed E-state index contributed by atoms with van der Waals surface area (Å²) >= 11 is 0. The molecular formula is C12H15NO2. The highest BCUT2D eigenvalue weighted by Gasteiger charge is 2.06. The molecule has 0 unspecified atom stereocenters. The van der Waals surface area contributed by atoms with Crippen LogP contribution in [0.25, 0.3) is 0 Å². The topological polar surface area (TPSA) is 52.3 Å². The molecule has 0 amide bonds. The highest BCUT2D eigenvalue weighted by molar-refractivity contribution is 5.97. The minimum atomic E-state index is 0.0805. The molecule has 2 N–H and O–H groups in total. The lowest BCUT2D eigenvalue weighted by molar-refractivity contribution is 0.0988. The third-order valence-corrected chi connectivity index (χ3v) is 2.01. The Bertz CT molecular complexity index is 372. The summed E-state index contributed by atoms with van der Waals surface area (Å²) in [6, 6.07) is 5.08. The van der Waals surface area contributed by atoms with Gasteiger partial charge in [-0.25, -0.2) is 0 Å². The zero-order chi connectivity index (χ0) is 11.3. The van der Waals surface area contributed by atoms with E-state index in [0.717, 1.165) is 0 Å². The molecule has 0 aliphatic rings. The fourth-order valence-electron chi connectivity index (χ4n) is 1.21. The molecule has 0 aromatic heterocycles. The Hall–Kier alpha value is -1.77. The number of rotatable bonds is 5. The van der Waals surface area contributed by atoms with Crippen molar-refractivity contribution in [3.8, 4) is 5.75 Å². The standard InChI is InChI=1S/C12H15NO2/c1-3-7-15-12-6-5-9(8-10(12)13)11(14)4-2/h3,5-6,8H,1,4,7,13H2,2H3. The molecule has 0 aliphatic carbocycles. The van der Waals surface area contributed by atoms with Gasteiger partial charge in [0, 0.05) is 12.0 Å². The number of ketones is 1. The zero-order valence-corrected chi connectivity index (χ0v) is 8.82. The molecule has 0 heterocycles. The van der Waals surface area contributed by atoms with Crippen LogP contribution in [-0.2, 0) is 0 Å². The summed E-state index contributed by atoms with van der Waals surface area (Å²) in [5.41, 5.74) is 6.85. The second kappa shape index (κ2) is 5.20. The Morgan fingerprint density at radius 1 is 1.60 bits per heavy atom. The predicted octanol–water partition coefficient (Wildman–Crippen LogP) is 2.43. The van der Waals surface area contributed by atoms with E-state index in [9.17, 15) is 4.79 Å². The van der Waals surface area contributed by atoms with Gasteiger partial charge in [0.15, 0.2) is 5.78 Å². The monoisotopic (exact) mass is 205 g/mol. The predicted molar refractivity (Wildman–Crippen MR) is 61.2 cm³/mol. The van der Waals surface area contributed by atoms with Gasteiger partial charge in [-0.3, -0.25) is 4.79 Å². The van der Waals surface area contributed by atoms with E-state index in [1.165, 1.54) is 0 Å². The van der Waals surface area contributed by atoms with Crippen LogP contribution in [-0.4, -0.2) is 12.4 Å². The third-order valence-electron chi connectivity index (χ3n) is 2.01. The first-order valence-corrected chi connectivity index (χ1v) is 4.85. The van der Waals surface area contributed by atoms with Crippen LogP contribution in [0.3, 0.4) is 0 Å². The van der Waals surface area contributed by atoms with Crippen molar-refractivity contribution in [2.45, 2.75) is 13.3 Å². The number of hydrogen-bond donors (Lipinski definition) is 1. The zero-order valence-electron chi connectivity index (χ0n) is 8.82. The fraction of sp³-hybridized carbons (Fsp3) is 0.250. The SMILES string of the molecule is C=CCOc1ccc(C(=O)CC)cc1N. The van der Waals surface area contributed by atoms with E-state index < -0.39 is 0 Å². The molecule has 1 aromatic carbocycles. The van der Waals surface area contributed by atoms with Crippen molar-refractivity contribution in [1.29, 1.82) is 0 Å². The smallest absolute Gasteiger partial charge is 0.162 e. The summed E-state index contributed by atoms with van der Waals surface area (Å²) in [4.78, 5) is 11.4. The number of hydrogen-bond acceptors (Lipinski definition) is 3. The quantitative estimate of drug-likeness (QED) is 0.456. The molecule has 1 rings (SSSR count). The van der Waals surface area contributed by atoms with Gasteiger partial charge in [-0.1, -0.05) is 19.6 Å². The Kier molecular flexibility index (Phi) is 3.92. The average molecular weight is 205 g/mol. The van der Waals surface area contributed by atoms with Crippen LogP contribution in [0.1, 0.15) is 23.7 Å². The number of anilines is 1. The van der Waals surface area contributed by atoms with Crippen molar-refractivity contribution < 1.29 is 9.53 Å². The number of carbonyl (C=O) groups excluding carboxylic acids is 1. The van der Waals surface area contributed by atoms with E-state index >= 15 is 0 Å². The Morgan fingerprint density at radius 3 is 2.87 bits per heavy atom. The Morgan fingerprint density at radius 2 is 2.33 bits per heavy atom. The molecule has 0 aliphatic heterocycles. The van der Waals surface area contributed by atoms with Crippen LogP contribution in [0.15, 0.2) is 30.9 Å². The molecule has 1 aromatic rings. The van der Waals surface area contributed by atoms with Crippen molar-refractivity contribution >= 4 is 11.5 Å². The van der Waals surface area contributed by atoms with Crippen LogP contribution >= 0.6 is 0 Å². The molecule has 0 atom stereocenters. The summed E-state index contributed by atoms with van der Waals surface area (Å²) in [6.07, 6.45) is 2.12. The maximum absolute atomic E-state index is 11.4. The van der Waals surface area contributed by atoms with Crippen LogP contribution in [0.2, 0.25) is 0 Å². The lowest BCUT2D eigenvalue weighted by atomic mass is 10.1. The van der Waals surface area contributed by atoms with E-state index in [-0.39, 0.29) is 5.78 Å². The number of carbonyl (C=O) groups is 1. The fourth-order valence-corrected chi connectivity index (χ4v) is 1.21. The van der Waals surface area contributed by atoms with Crippen molar-refractivity contribution in [2.24, 2.45) is 0 Å². The van der Waals surface area contributed by atoms with E-state index in [2.05, 4.69) is 6.58 Å². The number of benzene rings is 1. The maximum Gasteiger partial charge on any atom is 0.162 e. The van der Waals surface area contributed by atoms with Crippen LogP contribution in [0, 0.1) is 0 Å². The van der Waals surface area contributed by atoms with Gasteiger partial charge in [0.25, 0.3) is 0 Å². The normalized spacial score (nSPS) is 9.67. The minimum absolute atomic E-state index is 0.0805. The van der Waals surface area contributed by atoms with Gasteiger partial charge < -0.3 is 10.5 Å². The molecule has 0 saturated carbocycles. The van der Waals surface area contributed by atoms with Crippen LogP contribution in [0.4, 0.5) is 5.69 Å². The van der Waals surface area contributed by atoms with E-state index in [1.807, 2.05) is 6.92 Å². The molecule has 0 fully saturated rings. The summed E-state index contributed by atoms with van der Waals surface area (Å²) < 4.78 is 5.30. The van der Waals surface area contributed by atoms with Crippen molar-refractivity contribution in [3.63, 3.8) is 0 Å². The molecular weight excluding hydrogens is 190 g/mol. The van der Waals surface area contributed by atoms with E-state index in [1.54, 1.807) is 24.3 Å². The van der Waals surface area contributed by atoms with Gasteiger partial charge >= 0.3 is 0 Å².